The zero-order chi connectivity index (χ0) is 20.5. The number of carbonyl (C=O) groups excluding carboxylic acids is 2. The third-order valence-corrected chi connectivity index (χ3v) is 3.39. The summed E-state index contributed by atoms with van der Waals surface area (Å²) in [5.41, 5.74) is 0.581. The van der Waals surface area contributed by atoms with E-state index in [2.05, 4.69) is 13.2 Å². The molecule has 28 heavy (non-hydrogen) atoms. The minimum atomic E-state index is -0.535. The second-order valence-electron chi connectivity index (χ2n) is 5.76. The zero-order valence-electron chi connectivity index (χ0n) is 15.6. The Bertz CT molecular complexity index is 889. The summed E-state index contributed by atoms with van der Waals surface area (Å²) in [6.07, 6.45) is 4.82. The summed E-state index contributed by atoms with van der Waals surface area (Å²) in [5.74, 6) is 0.0201. The van der Waals surface area contributed by atoms with E-state index in [0.29, 0.717) is 22.6 Å². The molecule has 2 aromatic carbocycles. The van der Waals surface area contributed by atoms with Crippen molar-refractivity contribution in [3.05, 3.63) is 85.8 Å². The van der Waals surface area contributed by atoms with Gasteiger partial charge < -0.3 is 18.9 Å². The lowest BCUT2D eigenvalue weighted by Crippen LogP contribution is -1.99. The molecule has 2 aromatic rings. The summed E-state index contributed by atoms with van der Waals surface area (Å²) < 4.78 is 20.8. The number of esters is 2. The van der Waals surface area contributed by atoms with Crippen molar-refractivity contribution in [1.82, 2.24) is 0 Å². The molecule has 2 rings (SSSR count). The Balaban J connectivity index is 2.11. The Hall–Kier alpha value is -3.80. The topological polar surface area (TPSA) is 71.1 Å². The predicted octanol–water partition coefficient (Wildman–Crippen LogP) is 4.78. The van der Waals surface area contributed by atoms with Gasteiger partial charge in [0.15, 0.2) is 0 Å². The quantitative estimate of drug-likeness (QED) is 0.373. The van der Waals surface area contributed by atoms with Gasteiger partial charge in [0.25, 0.3) is 0 Å². The van der Waals surface area contributed by atoms with Crippen LogP contribution in [0.4, 0.5) is 0 Å². The van der Waals surface area contributed by atoms with Crippen LogP contribution in [0.25, 0.3) is 10.8 Å². The molecule has 144 valence electrons. The van der Waals surface area contributed by atoms with Crippen LogP contribution in [0.1, 0.15) is 13.8 Å². The molecule has 0 fully saturated rings. The van der Waals surface area contributed by atoms with E-state index in [1.54, 1.807) is 38.1 Å². The minimum absolute atomic E-state index is 0.290. The fourth-order valence-electron chi connectivity index (χ4n) is 2.04. The molecule has 0 spiro atoms. The molecular formula is C22H20O6. The smallest absolute Gasteiger partial charge is 0.338 e. The molecule has 6 nitrogen and oxygen atoms in total. The number of benzene rings is 2. The highest BCUT2D eigenvalue weighted by molar-refractivity contribution is 5.93. The number of ether oxygens (including phenoxy) is 4. The zero-order valence-corrected chi connectivity index (χ0v) is 15.6. The second kappa shape index (κ2) is 9.78. The van der Waals surface area contributed by atoms with Crippen molar-refractivity contribution in [3.8, 4) is 11.5 Å². The molecule has 0 N–H and O–H groups in total. The second-order valence-corrected chi connectivity index (χ2v) is 5.76. The van der Waals surface area contributed by atoms with Crippen molar-refractivity contribution in [2.75, 3.05) is 0 Å². The fourth-order valence-corrected chi connectivity index (χ4v) is 2.04. The highest BCUT2D eigenvalue weighted by Gasteiger charge is 2.06. The Morgan fingerprint density at radius 1 is 0.714 bits per heavy atom. The number of rotatable bonds is 8. The van der Waals surface area contributed by atoms with Crippen LogP contribution in [0, 0.1) is 0 Å². The number of hydrogen-bond donors (Lipinski definition) is 0. The van der Waals surface area contributed by atoms with E-state index in [9.17, 15) is 9.59 Å². The first-order valence-corrected chi connectivity index (χ1v) is 8.28. The standard InChI is InChI=1S/C22H20O6/c1-15(2)21(23)27-13-11-25-19-9-5-8-18-17(19)7-6-10-20(18)26-12-14-28-22(24)16(3)4/h5-14H,1,3H2,2,4H3. The van der Waals surface area contributed by atoms with Gasteiger partial charge in [-0.15, -0.1) is 0 Å². The molecule has 0 saturated heterocycles. The van der Waals surface area contributed by atoms with Crippen molar-refractivity contribution in [2.24, 2.45) is 0 Å². The fraction of sp³-hybridized carbons (Fsp3) is 0.0909. The Labute approximate surface area is 163 Å². The van der Waals surface area contributed by atoms with Crippen LogP contribution in [0.5, 0.6) is 11.5 Å². The monoisotopic (exact) mass is 380 g/mol. The van der Waals surface area contributed by atoms with E-state index in [0.717, 1.165) is 23.3 Å². The molecule has 6 heteroatoms. The first-order chi connectivity index (χ1) is 13.4. The van der Waals surface area contributed by atoms with Crippen molar-refractivity contribution >= 4 is 22.7 Å². The average Bonchev–Trinajstić information content (AvgIpc) is 2.68. The van der Waals surface area contributed by atoms with Crippen molar-refractivity contribution in [1.29, 1.82) is 0 Å². The summed E-state index contributed by atoms with van der Waals surface area (Å²) in [6, 6.07) is 10.8. The maximum absolute atomic E-state index is 11.3. The molecule has 0 atom stereocenters. The van der Waals surface area contributed by atoms with Crippen LogP contribution in [-0.2, 0) is 19.1 Å². The highest BCUT2D eigenvalue weighted by Crippen LogP contribution is 2.32. The molecule has 0 saturated carbocycles. The molecule has 0 amide bonds. The third-order valence-electron chi connectivity index (χ3n) is 3.39. The van der Waals surface area contributed by atoms with Gasteiger partial charge in [0, 0.05) is 21.9 Å². The maximum atomic E-state index is 11.3. The highest BCUT2D eigenvalue weighted by atomic mass is 16.5. The SMILES string of the molecule is C=C(C)C(=O)OC=COc1cccc2c(OC=COC(=O)C(=C)C)cccc12. The molecule has 0 aliphatic rings. The largest absolute Gasteiger partial charge is 0.461 e. The van der Waals surface area contributed by atoms with Gasteiger partial charge in [-0.05, 0) is 26.0 Å². The molecule has 0 unspecified atom stereocenters. The van der Waals surface area contributed by atoms with Crippen LogP contribution in [-0.4, -0.2) is 11.9 Å². The number of hydrogen-bond acceptors (Lipinski definition) is 6. The first kappa shape index (κ1) is 20.5. The lowest BCUT2D eigenvalue weighted by molar-refractivity contribution is -0.134. The number of fused-ring (bicyclic) bond motifs is 1. The minimum Gasteiger partial charge on any atom is -0.461 e. The lowest BCUT2D eigenvalue weighted by Gasteiger charge is -2.09. The van der Waals surface area contributed by atoms with E-state index in [-0.39, 0.29) is 0 Å². The molecule has 0 aromatic heterocycles. The van der Waals surface area contributed by atoms with Crippen LogP contribution < -0.4 is 9.47 Å². The van der Waals surface area contributed by atoms with E-state index in [4.69, 9.17) is 18.9 Å². The van der Waals surface area contributed by atoms with Gasteiger partial charge in [0.05, 0.1) is 0 Å². The van der Waals surface area contributed by atoms with Crippen molar-refractivity contribution in [2.45, 2.75) is 13.8 Å². The van der Waals surface area contributed by atoms with Gasteiger partial charge in [0.2, 0.25) is 0 Å². The molecule has 0 aliphatic heterocycles. The van der Waals surface area contributed by atoms with Gasteiger partial charge in [-0.2, -0.15) is 0 Å². The summed E-state index contributed by atoms with van der Waals surface area (Å²) in [5, 5.41) is 1.56. The van der Waals surface area contributed by atoms with Crippen LogP contribution in [0.3, 0.4) is 0 Å². The third kappa shape index (κ3) is 5.60. The van der Waals surface area contributed by atoms with Crippen molar-refractivity contribution < 1.29 is 28.5 Å². The Kier molecular flexibility index (Phi) is 7.16. The summed E-state index contributed by atoms with van der Waals surface area (Å²) in [7, 11) is 0. The summed E-state index contributed by atoms with van der Waals surface area (Å²) in [4.78, 5) is 22.7. The van der Waals surface area contributed by atoms with E-state index in [1.165, 1.54) is 12.5 Å². The first-order valence-electron chi connectivity index (χ1n) is 8.28. The van der Waals surface area contributed by atoms with E-state index < -0.39 is 11.9 Å². The maximum Gasteiger partial charge on any atom is 0.338 e. The Morgan fingerprint density at radius 2 is 1.11 bits per heavy atom. The number of carbonyl (C=O) groups is 2. The van der Waals surface area contributed by atoms with Crippen LogP contribution in [0.15, 0.2) is 85.8 Å². The predicted molar refractivity (Wildman–Crippen MR) is 105 cm³/mol. The summed E-state index contributed by atoms with van der Waals surface area (Å²) >= 11 is 0. The summed E-state index contributed by atoms with van der Waals surface area (Å²) in [6.45, 7) is 10.1. The average molecular weight is 380 g/mol. The van der Waals surface area contributed by atoms with E-state index in [1.807, 2.05) is 12.1 Å². The molecule has 0 heterocycles. The van der Waals surface area contributed by atoms with Crippen molar-refractivity contribution in [3.63, 3.8) is 0 Å². The molecular weight excluding hydrogens is 360 g/mol. The van der Waals surface area contributed by atoms with Gasteiger partial charge >= 0.3 is 11.9 Å². The normalized spacial score (nSPS) is 10.8. The Morgan fingerprint density at radius 3 is 1.46 bits per heavy atom. The lowest BCUT2D eigenvalue weighted by atomic mass is 10.1. The van der Waals surface area contributed by atoms with Crippen LogP contribution in [0.2, 0.25) is 0 Å². The molecule has 0 aliphatic carbocycles. The van der Waals surface area contributed by atoms with Gasteiger partial charge in [0.1, 0.15) is 36.5 Å². The van der Waals surface area contributed by atoms with Gasteiger partial charge in [-0.3, -0.25) is 0 Å². The molecule has 0 bridgehead atoms. The van der Waals surface area contributed by atoms with Gasteiger partial charge in [-0.25, -0.2) is 9.59 Å². The van der Waals surface area contributed by atoms with Gasteiger partial charge in [-0.1, -0.05) is 37.4 Å². The molecule has 0 radical (unpaired) electrons. The van der Waals surface area contributed by atoms with E-state index >= 15 is 0 Å². The van der Waals surface area contributed by atoms with Crippen LogP contribution >= 0.6 is 0 Å².